The summed E-state index contributed by atoms with van der Waals surface area (Å²) >= 11 is 0. The van der Waals surface area contributed by atoms with Crippen LogP contribution in [0, 0.1) is 17.3 Å². The van der Waals surface area contributed by atoms with E-state index in [4.69, 9.17) is 9.47 Å². The highest BCUT2D eigenvalue weighted by Gasteiger charge is 2.38. The summed E-state index contributed by atoms with van der Waals surface area (Å²) in [4.78, 5) is 11.7. The Balaban J connectivity index is 4.68. The molecule has 0 radical (unpaired) electrons. The first-order valence-electron chi connectivity index (χ1n) is 5.53. The minimum atomic E-state index is -0.192. The highest BCUT2D eigenvalue weighted by Crippen LogP contribution is 2.35. The van der Waals surface area contributed by atoms with Crippen molar-refractivity contribution in [1.82, 2.24) is 0 Å². The minimum absolute atomic E-state index is 0.109. The van der Waals surface area contributed by atoms with Crippen LogP contribution in [-0.4, -0.2) is 26.3 Å². The molecule has 0 spiro atoms. The maximum absolute atomic E-state index is 11.7. The quantitative estimate of drug-likeness (QED) is 0.640. The molecule has 0 aromatic rings. The summed E-state index contributed by atoms with van der Waals surface area (Å²) in [6.45, 7) is 11.4. The van der Waals surface area contributed by atoms with E-state index in [1.54, 1.807) is 0 Å². The van der Waals surface area contributed by atoms with Gasteiger partial charge in [0.2, 0.25) is 0 Å². The number of carbonyl (C=O) groups is 1. The summed E-state index contributed by atoms with van der Waals surface area (Å²) in [5.74, 6) is 0.0339. The Hall–Kier alpha value is -0.570. The van der Waals surface area contributed by atoms with Crippen LogP contribution < -0.4 is 0 Å². The van der Waals surface area contributed by atoms with Crippen molar-refractivity contribution in [3.63, 3.8) is 0 Å². The van der Waals surface area contributed by atoms with Crippen LogP contribution in [0.2, 0.25) is 0 Å². The van der Waals surface area contributed by atoms with Crippen LogP contribution in [-0.2, 0) is 14.3 Å². The Kier molecular flexibility index (Phi) is 5.88. The molecule has 3 heteroatoms. The summed E-state index contributed by atoms with van der Waals surface area (Å²) in [6.07, 6.45) is 0. The van der Waals surface area contributed by atoms with E-state index in [1.807, 2.05) is 6.92 Å². The zero-order valence-electron chi connectivity index (χ0n) is 10.8. The van der Waals surface area contributed by atoms with E-state index in [0.29, 0.717) is 19.1 Å². The molecule has 0 N–H and O–H groups in total. The molecular weight excluding hydrogens is 192 g/mol. The zero-order chi connectivity index (χ0) is 12.1. The molecule has 0 heterocycles. The average molecular weight is 216 g/mol. The van der Waals surface area contributed by atoms with E-state index >= 15 is 0 Å². The number of ether oxygens (including phenoxy) is 2. The van der Waals surface area contributed by atoms with Crippen molar-refractivity contribution in [1.29, 1.82) is 0 Å². The summed E-state index contributed by atoms with van der Waals surface area (Å²) in [6, 6.07) is 0. The molecule has 0 aromatic carbocycles. The zero-order valence-corrected chi connectivity index (χ0v) is 10.8. The normalized spacial score (nSPS) is 14.1. The Morgan fingerprint density at radius 1 is 1.33 bits per heavy atom. The van der Waals surface area contributed by atoms with Gasteiger partial charge in [-0.2, -0.15) is 0 Å². The third kappa shape index (κ3) is 3.82. The van der Waals surface area contributed by atoms with Gasteiger partial charge in [0.1, 0.15) is 0 Å². The van der Waals surface area contributed by atoms with E-state index < -0.39 is 0 Å². The average Bonchev–Trinajstić information content (AvgIpc) is 2.17. The number of carbonyl (C=O) groups excluding carboxylic acids is 1. The van der Waals surface area contributed by atoms with Crippen LogP contribution in [0.15, 0.2) is 0 Å². The third-order valence-corrected chi connectivity index (χ3v) is 3.36. The fourth-order valence-electron chi connectivity index (χ4n) is 1.37. The molecule has 0 rings (SSSR count). The van der Waals surface area contributed by atoms with Gasteiger partial charge in [-0.3, -0.25) is 4.79 Å². The predicted octanol–water partition coefficient (Wildman–Crippen LogP) is 2.49. The Morgan fingerprint density at radius 2 is 1.87 bits per heavy atom. The van der Waals surface area contributed by atoms with Crippen LogP contribution in [0.5, 0.6) is 0 Å². The van der Waals surface area contributed by atoms with Crippen LogP contribution in [0.4, 0.5) is 0 Å². The van der Waals surface area contributed by atoms with Gasteiger partial charge < -0.3 is 9.47 Å². The smallest absolute Gasteiger partial charge is 0.311 e. The van der Waals surface area contributed by atoms with Gasteiger partial charge in [-0.05, 0) is 18.3 Å². The van der Waals surface area contributed by atoms with Crippen molar-refractivity contribution in [2.75, 3.05) is 20.3 Å². The number of hydrogen-bond donors (Lipinski definition) is 0. The van der Waals surface area contributed by atoms with E-state index in [-0.39, 0.29) is 17.3 Å². The molecule has 90 valence electrons. The summed E-state index contributed by atoms with van der Waals surface area (Å²) in [5, 5.41) is 0. The maximum Gasteiger partial charge on any atom is 0.311 e. The van der Waals surface area contributed by atoms with Crippen molar-refractivity contribution >= 4 is 5.97 Å². The van der Waals surface area contributed by atoms with Crippen molar-refractivity contribution in [3.8, 4) is 0 Å². The Labute approximate surface area is 93.1 Å². The second-order valence-electron chi connectivity index (χ2n) is 4.71. The molecule has 0 aromatic heterocycles. The van der Waals surface area contributed by atoms with Crippen molar-refractivity contribution in [2.45, 2.75) is 34.6 Å². The topological polar surface area (TPSA) is 35.5 Å². The molecule has 0 fully saturated rings. The number of esters is 1. The third-order valence-electron chi connectivity index (χ3n) is 3.36. The molecule has 0 aliphatic carbocycles. The lowest BCUT2D eigenvalue weighted by atomic mass is 9.71. The molecule has 0 amide bonds. The molecule has 1 unspecified atom stereocenters. The summed E-state index contributed by atoms with van der Waals surface area (Å²) in [5.41, 5.74) is -0.109. The standard InChI is InChI=1S/C12H24O3/c1-7-15-8-10(11(13)14-6)12(4,5)9(2)3/h9-10H,7-8H2,1-6H3. The van der Waals surface area contributed by atoms with Gasteiger partial charge in [-0.15, -0.1) is 0 Å². The largest absolute Gasteiger partial charge is 0.469 e. The van der Waals surface area contributed by atoms with E-state index in [9.17, 15) is 4.79 Å². The molecule has 0 aliphatic rings. The van der Waals surface area contributed by atoms with E-state index in [2.05, 4.69) is 27.7 Å². The van der Waals surface area contributed by atoms with E-state index in [1.165, 1.54) is 7.11 Å². The van der Waals surface area contributed by atoms with Crippen LogP contribution >= 0.6 is 0 Å². The molecule has 15 heavy (non-hydrogen) atoms. The second kappa shape index (κ2) is 6.11. The fraction of sp³-hybridized carbons (Fsp3) is 0.917. The minimum Gasteiger partial charge on any atom is -0.469 e. The molecule has 0 bridgehead atoms. The summed E-state index contributed by atoms with van der Waals surface area (Å²) < 4.78 is 10.2. The first-order valence-corrected chi connectivity index (χ1v) is 5.53. The van der Waals surface area contributed by atoms with Gasteiger partial charge in [-0.1, -0.05) is 27.7 Å². The highest BCUT2D eigenvalue weighted by molar-refractivity contribution is 5.73. The Bertz CT molecular complexity index is 197. The molecule has 1 atom stereocenters. The molecule has 0 saturated carbocycles. The van der Waals surface area contributed by atoms with Gasteiger partial charge in [0.05, 0.1) is 19.6 Å². The van der Waals surface area contributed by atoms with Gasteiger partial charge in [-0.25, -0.2) is 0 Å². The number of hydrogen-bond acceptors (Lipinski definition) is 3. The Morgan fingerprint density at radius 3 is 2.20 bits per heavy atom. The first-order chi connectivity index (χ1) is 6.87. The monoisotopic (exact) mass is 216 g/mol. The lowest BCUT2D eigenvalue weighted by molar-refractivity contribution is -0.154. The molecule has 0 aliphatic heterocycles. The highest BCUT2D eigenvalue weighted by atomic mass is 16.5. The van der Waals surface area contributed by atoms with Crippen LogP contribution in [0.3, 0.4) is 0 Å². The van der Waals surface area contributed by atoms with Crippen molar-refractivity contribution in [3.05, 3.63) is 0 Å². The van der Waals surface area contributed by atoms with Crippen LogP contribution in [0.25, 0.3) is 0 Å². The van der Waals surface area contributed by atoms with Crippen LogP contribution in [0.1, 0.15) is 34.6 Å². The molecule has 3 nitrogen and oxygen atoms in total. The van der Waals surface area contributed by atoms with Crippen molar-refractivity contribution in [2.24, 2.45) is 17.3 Å². The molecular formula is C12H24O3. The SMILES string of the molecule is CCOCC(C(=O)OC)C(C)(C)C(C)C. The van der Waals surface area contributed by atoms with Gasteiger partial charge in [0.25, 0.3) is 0 Å². The molecule has 0 saturated heterocycles. The first kappa shape index (κ1) is 14.4. The second-order valence-corrected chi connectivity index (χ2v) is 4.71. The van der Waals surface area contributed by atoms with Gasteiger partial charge in [0.15, 0.2) is 0 Å². The van der Waals surface area contributed by atoms with Crippen molar-refractivity contribution < 1.29 is 14.3 Å². The fourth-order valence-corrected chi connectivity index (χ4v) is 1.37. The summed E-state index contributed by atoms with van der Waals surface area (Å²) in [7, 11) is 1.43. The lowest BCUT2D eigenvalue weighted by Gasteiger charge is -2.35. The number of rotatable bonds is 6. The lowest BCUT2D eigenvalue weighted by Crippen LogP contribution is -2.39. The van der Waals surface area contributed by atoms with E-state index in [0.717, 1.165) is 0 Å². The predicted molar refractivity (Wildman–Crippen MR) is 60.6 cm³/mol. The maximum atomic E-state index is 11.7. The van der Waals surface area contributed by atoms with Gasteiger partial charge in [0, 0.05) is 6.61 Å². The van der Waals surface area contributed by atoms with Gasteiger partial charge >= 0.3 is 5.97 Å². The number of methoxy groups -OCH3 is 1.